The Balaban J connectivity index is 0. The molecule has 0 aromatic heterocycles. The Morgan fingerprint density at radius 1 is 1.14 bits per heavy atom. The molecular formula is C7H18BIO5. The molecule has 0 amide bonds. The SMILES string of the molecule is CC(C)(O)C(C)(C)OCI.OB(O)O. The summed E-state index contributed by atoms with van der Waals surface area (Å²) >= 11 is 2.12. The summed E-state index contributed by atoms with van der Waals surface area (Å²) in [6.45, 7) is 7.26. The van der Waals surface area contributed by atoms with Gasteiger partial charge < -0.3 is 24.9 Å². The Labute approximate surface area is 98.4 Å². The van der Waals surface area contributed by atoms with E-state index in [0.29, 0.717) is 4.61 Å². The Morgan fingerprint density at radius 3 is 1.50 bits per heavy atom. The lowest BCUT2D eigenvalue weighted by molar-refractivity contribution is -0.131. The maximum atomic E-state index is 9.55. The van der Waals surface area contributed by atoms with E-state index in [1.807, 2.05) is 13.8 Å². The van der Waals surface area contributed by atoms with Gasteiger partial charge in [-0.05, 0) is 27.7 Å². The zero-order valence-corrected chi connectivity index (χ0v) is 11.0. The van der Waals surface area contributed by atoms with Gasteiger partial charge >= 0.3 is 7.32 Å². The third kappa shape index (κ3) is 9.16. The van der Waals surface area contributed by atoms with Crippen molar-refractivity contribution in [2.24, 2.45) is 0 Å². The van der Waals surface area contributed by atoms with Gasteiger partial charge in [-0.1, -0.05) is 22.6 Å². The van der Waals surface area contributed by atoms with Gasteiger partial charge in [0.25, 0.3) is 0 Å². The van der Waals surface area contributed by atoms with Gasteiger partial charge in [-0.2, -0.15) is 0 Å². The van der Waals surface area contributed by atoms with E-state index in [-0.39, 0.29) is 0 Å². The van der Waals surface area contributed by atoms with Crippen molar-refractivity contribution in [1.29, 1.82) is 0 Å². The van der Waals surface area contributed by atoms with E-state index in [2.05, 4.69) is 22.6 Å². The number of alkyl halides is 1. The van der Waals surface area contributed by atoms with Gasteiger partial charge in [0.2, 0.25) is 0 Å². The van der Waals surface area contributed by atoms with Crippen LogP contribution in [0.15, 0.2) is 0 Å². The van der Waals surface area contributed by atoms with Crippen molar-refractivity contribution in [3.05, 3.63) is 0 Å². The van der Waals surface area contributed by atoms with Crippen LogP contribution in [0, 0.1) is 0 Å². The topological polar surface area (TPSA) is 90.2 Å². The van der Waals surface area contributed by atoms with Gasteiger partial charge in [-0.15, -0.1) is 0 Å². The molecule has 0 aromatic rings. The summed E-state index contributed by atoms with van der Waals surface area (Å²) in [6.07, 6.45) is 0. The minimum atomic E-state index is -2.17. The van der Waals surface area contributed by atoms with Crippen LogP contribution in [-0.4, -0.2) is 43.3 Å². The molecule has 0 bridgehead atoms. The second-order valence-corrected chi connectivity index (χ2v) is 4.29. The fourth-order valence-electron chi connectivity index (χ4n) is 0.313. The second-order valence-electron chi connectivity index (χ2n) is 3.67. The molecule has 0 heterocycles. The van der Waals surface area contributed by atoms with E-state index in [0.717, 1.165) is 0 Å². The Bertz CT molecular complexity index is 143. The molecule has 0 saturated heterocycles. The predicted octanol–water partition coefficient (Wildman–Crippen LogP) is -0.107. The number of rotatable bonds is 3. The summed E-state index contributed by atoms with van der Waals surface area (Å²) in [5.41, 5.74) is -1.24. The highest BCUT2D eigenvalue weighted by atomic mass is 127. The molecule has 0 radical (unpaired) electrons. The van der Waals surface area contributed by atoms with Crippen molar-refractivity contribution < 1.29 is 24.9 Å². The molecule has 0 aliphatic carbocycles. The highest BCUT2D eigenvalue weighted by Crippen LogP contribution is 2.25. The number of ether oxygens (including phenoxy) is 1. The number of aliphatic hydroxyl groups is 1. The number of halogens is 1. The molecule has 0 aliphatic rings. The quantitative estimate of drug-likeness (QED) is 0.331. The summed E-state index contributed by atoms with van der Waals surface area (Å²) in [7, 11) is -2.17. The second kappa shape index (κ2) is 6.97. The van der Waals surface area contributed by atoms with Crippen LogP contribution >= 0.6 is 22.6 Å². The Kier molecular flexibility index (Phi) is 8.46. The van der Waals surface area contributed by atoms with Crippen LogP contribution in [-0.2, 0) is 4.74 Å². The van der Waals surface area contributed by atoms with Crippen molar-refractivity contribution >= 4 is 29.9 Å². The lowest BCUT2D eigenvalue weighted by Gasteiger charge is -2.36. The van der Waals surface area contributed by atoms with Crippen molar-refractivity contribution in [3.63, 3.8) is 0 Å². The Hall–Kier alpha value is 0.595. The number of hydrogen-bond acceptors (Lipinski definition) is 5. The molecule has 0 aliphatic heterocycles. The lowest BCUT2D eigenvalue weighted by atomic mass is 9.90. The Morgan fingerprint density at radius 2 is 1.43 bits per heavy atom. The van der Waals surface area contributed by atoms with Crippen molar-refractivity contribution in [2.45, 2.75) is 38.9 Å². The van der Waals surface area contributed by atoms with Crippen LogP contribution < -0.4 is 0 Å². The monoisotopic (exact) mass is 320 g/mol. The summed E-state index contributed by atoms with van der Waals surface area (Å²) in [4.78, 5) is 0. The predicted molar refractivity (Wildman–Crippen MR) is 62.8 cm³/mol. The van der Waals surface area contributed by atoms with Crippen LogP contribution in [0.1, 0.15) is 27.7 Å². The summed E-state index contributed by atoms with van der Waals surface area (Å²) in [5.74, 6) is 0. The van der Waals surface area contributed by atoms with Crippen LogP contribution in [0.4, 0.5) is 0 Å². The molecule has 0 aromatic carbocycles. The molecule has 0 spiro atoms. The molecule has 7 heteroatoms. The largest absolute Gasteiger partial charge is 0.631 e. The van der Waals surface area contributed by atoms with Gasteiger partial charge in [-0.3, -0.25) is 0 Å². The van der Waals surface area contributed by atoms with Crippen LogP contribution in [0.25, 0.3) is 0 Å². The van der Waals surface area contributed by atoms with E-state index in [4.69, 9.17) is 19.8 Å². The van der Waals surface area contributed by atoms with Gasteiger partial charge in [0.05, 0.1) is 15.8 Å². The first kappa shape index (κ1) is 17.0. The van der Waals surface area contributed by atoms with E-state index in [1.54, 1.807) is 13.8 Å². The summed E-state index contributed by atoms with van der Waals surface area (Å²) in [6, 6.07) is 0. The average Bonchev–Trinajstić information content (AvgIpc) is 1.82. The highest BCUT2D eigenvalue weighted by molar-refractivity contribution is 14.1. The molecule has 0 fully saturated rings. The normalized spacial score (nSPS) is 11.8. The molecule has 4 N–H and O–H groups in total. The fourth-order valence-corrected chi connectivity index (χ4v) is 1.09. The molecule has 0 saturated carbocycles. The van der Waals surface area contributed by atoms with Gasteiger partial charge in [0.1, 0.15) is 0 Å². The first-order valence-electron chi connectivity index (χ1n) is 4.01. The third-order valence-corrected chi connectivity index (χ3v) is 2.20. The molecule has 0 unspecified atom stereocenters. The molecular weight excluding hydrogens is 302 g/mol. The molecule has 5 nitrogen and oxygen atoms in total. The minimum Gasteiger partial charge on any atom is -0.402 e. The van der Waals surface area contributed by atoms with Crippen LogP contribution in [0.2, 0.25) is 0 Å². The van der Waals surface area contributed by atoms with Gasteiger partial charge in [0, 0.05) is 0 Å². The molecule has 14 heavy (non-hydrogen) atoms. The highest BCUT2D eigenvalue weighted by Gasteiger charge is 2.35. The minimum absolute atomic E-state index is 0.464. The van der Waals surface area contributed by atoms with Crippen LogP contribution in [0.5, 0.6) is 0 Å². The first-order valence-corrected chi connectivity index (χ1v) is 5.53. The zero-order valence-electron chi connectivity index (χ0n) is 8.86. The van der Waals surface area contributed by atoms with Crippen molar-refractivity contribution in [1.82, 2.24) is 0 Å². The maximum Gasteiger partial charge on any atom is 0.631 e. The zero-order chi connectivity index (χ0) is 12.0. The van der Waals surface area contributed by atoms with E-state index in [1.165, 1.54) is 0 Å². The standard InChI is InChI=1S/C7H15IO2.BH3O3/c1-6(2,9)7(3,4)10-5-8;2-1(3)4/h9H,5H2,1-4H3;2-4H. The maximum absolute atomic E-state index is 9.55. The third-order valence-electron chi connectivity index (χ3n) is 1.89. The van der Waals surface area contributed by atoms with E-state index < -0.39 is 18.5 Å². The lowest BCUT2D eigenvalue weighted by Crippen LogP contribution is -2.46. The summed E-state index contributed by atoms with van der Waals surface area (Å²) in [5, 5.41) is 31.0. The van der Waals surface area contributed by atoms with E-state index in [9.17, 15) is 5.11 Å². The van der Waals surface area contributed by atoms with E-state index >= 15 is 0 Å². The average molecular weight is 320 g/mol. The molecule has 86 valence electrons. The smallest absolute Gasteiger partial charge is 0.402 e. The van der Waals surface area contributed by atoms with Crippen molar-refractivity contribution in [3.8, 4) is 0 Å². The van der Waals surface area contributed by atoms with Crippen molar-refractivity contribution in [2.75, 3.05) is 4.61 Å². The van der Waals surface area contributed by atoms with Gasteiger partial charge in [0.15, 0.2) is 0 Å². The first-order chi connectivity index (χ1) is 6.04. The molecule has 0 rings (SSSR count). The van der Waals surface area contributed by atoms with Gasteiger partial charge in [-0.25, -0.2) is 0 Å². The summed E-state index contributed by atoms with van der Waals surface area (Å²) < 4.78 is 5.94. The number of hydrogen-bond donors (Lipinski definition) is 4. The van der Waals surface area contributed by atoms with Crippen LogP contribution in [0.3, 0.4) is 0 Å². The molecule has 0 atom stereocenters. The fraction of sp³-hybridized carbons (Fsp3) is 1.00.